The van der Waals surface area contributed by atoms with Crippen molar-refractivity contribution >= 4 is 79.9 Å². The lowest BCUT2D eigenvalue weighted by atomic mass is 10.4. The Bertz CT molecular complexity index is 385. The van der Waals surface area contributed by atoms with Gasteiger partial charge in [-0.2, -0.15) is 5.01 Å². The first-order valence-corrected chi connectivity index (χ1v) is 7.42. The molecular formula is C7H6ClN3OS4. The van der Waals surface area contributed by atoms with Crippen LogP contribution in [0.2, 0.25) is 0 Å². The van der Waals surface area contributed by atoms with Gasteiger partial charge in [0.2, 0.25) is 0 Å². The number of hydrazine groups is 1. The van der Waals surface area contributed by atoms with Crippen LogP contribution in [-0.4, -0.2) is 47.3 Å². The number of nitrogens with one attached hydrogen (secondary N) is 1. The topological polar surface area (TPSA) is 47.4 Å². The molecule has 2 saturated heterocycles. The van der Waals surface area contributed by atoms with E-state index in [1.807, 2.05) is 0 Å². The van der Waals surface area contributed by atoms with Gasteiger partial charge in [-0.15, -0.1) is 11.6 Å². The zero-order valence-electron chi connectivity index (χ0n) is 7.81. The quantitative estimate of drug-likeness (QED) is 0.618. The van der Waals surface area contributed by atoms with Gasteiger partial charge in [0.1, 0.15) is 5.84 Å². The lowest BCUT2D eigenvalue weighted by molar-refractivity contribution is -0.128. The maximum absolute atomic E-state index is 11.6. The van der Waals surface area contributed by atoms with Gasteiger partial charge in [0, 0.05) is 5.88 Å². The molecule has 0 aliphatic carbocycles. The minimum Gasteiger partial charge on any atom is -0.286 e. The van der Waals surface area contributed by atoms with Gasteiger partial charge in [-0.1, -0.05) is 48.0 Å². The lowest BCUT2D eigenvalue weighted by Crippen LogP contribution is -2.48. The normalized spacial score (nSPS) is 26.2. The number of amidine groups is 1. The number of halogens is 1. The van der Waals surface area contributed by atoms with E-state index in [0.29, 0.717) is 20.3 Å². The van der Waals surface area contributed by atoms with Crippen LogP contribution in [0, 0.1) is 5.41 Å². The molecule has 2 heterocycles. The third kappa shape index (κ3) is 1.97. The van der Waals surface area contributed by atoms with Crippen molar-refractivity contribution in [1.82, 2.24) is 10.0 Å². The predicted molar refractivity (Wildman–Crippen MR) is 76.2 cm³/mol. The standard InChI is InChI=1S/C7H6ClN3OS4/c8-1-3-5(9)11(7(14)16-3)10-4(12)2-15-6(10)13/h3,9H,1-2H2/t3-/m0/s1. The molecule has 2 aliphatic heterocycles. The number of hydrogen-bond acceptors (Lipinski definition) is 6. The molecule has 2 rings (SSSR count). The van der Waals surface area contributed by atoms with Gasteiger partial charge in [-0.25, -0.2) is 5.01 Å². The van der Waals surface area contributed by atoms with Crippen molar-refractivity contribution in [2.45, 2.75) is 5.25 Å². The Hall–Kier alpha value is 0.110. The van der Waals surface area contributed by atoms with Crippen LogP contribution >= 0.6 is 59.6 Å². The predicted octanol–water partition coefficient (Wildman–Crippen LogP) is 1.68. The minimum absolute atomic E-state index is 0.141. The molecule has 1 N–H and O–H groups in total. The molecule has 0 radical (unpaired) electrons. The highest BCUT2D eigenvalue weighted by Crippen LogP contribution is 2.33. The zero-order chi connectivity index (χ0) is 11.9. The molecule has 4 nitrogen and oxygen atoms in total. The summed E-state index contributed by atoms with van der Waals surface area (Å²) in [6.45, 7) is 0. The van der Waals surface area contributed by atoms with Gasteiger partial charge in [0.05, 0.1) is 11.0 Å². The number of hydrogen-bond donors (Lipinski definition) is 1. The van der Waals surface area contributed by atoms with Gasteiger partial charge in [-0.05, 0) is 0 Å². The summed E-state index contributed by atoms with van der Waals surface area (Å²) in [4.78, 5) is 11.6. The molecule has 0 unspecified atom stereocenters. The summed E-state index contributed by atoms with van der Waals surface area (Å²) in [6, 6.07) is 0. The summed E-state index contributed by atoms with van der Waals surface area (Å²) in [5, 5.41) is 10.4. The van der Waals surface area contributed by atoms with E-state index in [2.05, 4.69) is 0 Å². The Morgan fingerprint density at radius 3 is 2.56 bits per heavy atom. The lowest BCUT2D eigenvalue weighted by Gasteiger charge is -2.27. The number of thiocarbonyl (C=S) groups is 2. The van der Waals surface area contributed by atoms with Gasteiger partial charge >= 0.3 is 0 Å². The minimum atomic E-state index is -0.199. The monoisotopic (exact) mass is 311 g/mol. The van der Waals surface area contributed by atoms with Crippen LogP contribution < -0.4 is 0 Å². The molecule has 0 aromatic heterocycles. The Morgan fingerprint density at radius 1 is 1.44 bits per heavy atom. The molecule has 16 heavy (non-hydrogen) atoms. The smallest absolute Gasteiger partial charge is 0.257 e. The largest absolute Gasteiger partial charge is 0.286 e. The second-order valence-electron chi connectivity index (χ2n) is 2.98. The Kier molecular flexibility index (Phi) is 3.75. The first-order chi connectivity index (χ1) is 7.56. The maximum Gasteiger partial charge on any atom is 0.257 e. The van der Waals surface area contributed by atoms with Crippen LogP contribution in [0.3, 0.4) is 0 Å². The van der Waals surface area contributed by atoms with E-state index in [9.17, 15) is 4.79 Å². The van der Waals surface area contributed by atoms with Gasteiger partial charge in [0.15, 0.2) is 8.64 Å². The molecule has 0 aromatic carbocycles. The summed E-state index contributed by atoms with van der Waals surface area (Å²) < 4.78 is 0.891. The first kappa shape index (κ1) is 12.6. The molecule has 0 aromatic rings. The number of rotatable bonds is 2. The fourth-order valence-corrected chi connectivity index (χ4v) is 3.99. The number of amides is 1. The highest BCUT2D eigenvalue weighted by molar-refractivity contribution is 8.25. The van der Waals surface area contributed by atoms with E-state index in [1.54, 1.807) is 0 Å². The second kappa shape index (κ2) is 4.77. The van der Waals surface area contributed by atoms with Crippen molar-refractivity contribution in [2.24, 2.45) is 0 Å². The summed E-state index contributed by atoms with van der Waals surface area (Å²) in [6.07, 6.45) is 0. The molecule has 0 bridgehead atoms. The summed E-state index contributed by atoms with van der Waals surface area (Å²) in [5.41, 5.74) is 0. The second-order valence-corrected chi connectivity index (χ2v) is 6.74. The van der Waals surface area contributed by atoms with Crippen LogP contribution in [0.25, 0.3) is 0 Å². The number of carbonyl (C=O) groups is 1. The first-order valence-electron chi connectivity index (χ1n) is 4.21. The summed E-state index contributed by atoms with van der Waals surface area (Å²) in [7, 11) is 0. The highest BCUT2D eigenvalue weighted by Gasteiger charge is 2.42. The Morgan fingerprint density at radius 2 is 2.12 bits per heavy atom. The number of thioether (sulfide) groups is 2. The maximum atomic E-state index is 11.6. The fraction of sp³-hybridized carbons (Fsp3) is 0.429. The van der Waals surface area contributed by atoms with Crippen molar-refractivity contribution in [1.29, 1.82) is 5.41 Å². The fourth-order valence-electron chi connectivity index (χ4n) is 1.30. The molecule has 0 spiro atoms. The molecular weight excluding hydrogens is 306 g/mol. The van der Waals surface area contributed by atoms with Crippen molar-refractivity contribution < 1.29 is 4.79 Å². The third-order valence-electron chi connectivity index (χ3n) is 2.02. The molecule has 86 valence electrons. The van der Waals surface area contributed by atoms with E-state index in [0.717, 1.165) is 0 Å². The zero-order valence-corrected chi connectivity index (χ0v) is 11.8. The van der Waals surface area contributed by atoms with E-state index in [-0.39, 0.29) is 17.0 Å². The molecule has 1 amide bonds. The Balaban J connectivity index is 2.27. The number of alkyl halides is 1. The third-order valence-corrected chi connectivity index (χ3v) is 5.36. The van der Waals surface area contributed by atoms with Crippen LogP contribution in [-0.2, 0) is 4.79 Å². The van der Waals surface area contributed by atoms with E-state index < -0.39 is 0 Å². The van der Waals surface area contributed by atoms with Crippen molar-refractivity contribution in [2.75, 3.05) is 11.6 Å². The van der Waals surface area contributed by atoms with Gasteiger partial charge in [-0.3, -0.25) is 10.2 Å². The van der Waals surface area contributed by atoms with Crippen LogP contribution in [0.4, 0.5) is 0 Å². The molecule has 2 fully saturated rings. The molecule has 0 saturated carbocycles. The van der Waals surface area contributed by atoms with Crippen LogP contribution in [0.5, 0.6) is 0 Å². The van der Waals surface area contributed by atoms with Crippen molar-refractivity contribution in [3.05, 3.63) is 0 Å². The Labute approximate surface area is 117 Å². The van der Waals surface area contributed by atoms with E-state index in [4.69, 9.17) is 41.4 Å². The highest BCUT2D eigenvalue weighted by atomic mass is 35.5. The number of carbonyl (C=O) groups excluding carboxylic acids is 1. The summed E-state index contributed by atoms with van der Waals surface area (Å²) >= 11 is 18.5. The SMILES string of the molecule is N=C1[C@H](CCl)SC(=S)N1N1C(=O)CSC1=S. The molecule has 9 heteroatoms. The summed E-state index contributed by atoms with van der Waals surface area (Å²) in [5.74, 6) is 0.685. The van der Waals surface area contributed by atoms with Crippen LogP contribution in [0.1, 0.15) is 0 Å². The van der Waals surface area contributed by atoms with Crippen molar-refractivity contribution in [3.63, 3.8) is 0 Å². The van der Waals surface area contributed by atoms with Crippen LogP contribution in [0.15, 0.2) is 0 Å². The van der Waals surface area contributed by atoms with Gasteiger partial charge in [0.25, 0.3) is 5.91 Å². The van der Waals surface area contributed by atoms with E-state index >= 15 is 0 Å². The van der Waals surface area contributed by atoms with Crippen molar-refractivity contribution in [3.8, 4) is 0 Å². The molecule has 2 aliphatic rings. The van der Waals surface area contributed by atoms with E-state index in [1.165, 1.54) is 33.5 Å². The average molecular weight is 312 g/mol. The number of nitrogens with zero attached hydrogens (tertiary/aromatic N) is 2. The molecule has 1 atom stereocenters. The van der Waals surface area contributed by atoms with Gasteiger partial charge < -0.3 is 0 Å². The average Bonchev–Trinajstić information content (AvgIpc) is 2.70.